The van der Waals surface area contributed by atoms with Gasteiger partial charge in [0.1, 0.15) is 0 Å². The zero-order valence-corrected chi connectivity index (χ0v) is 13.1. The summed E-state index contributed by atoms with van der Waals surface area (Å²) in [6.07, 6.45) is 1.81. The van der Waals surface area contributed by atoms with E-state index in [4.69, 9.17) is 0 Å². The zero-order valence-electron chi connectivity index (χ0n) is 13.1. The van der Waals surface area contributed by atoms with Gasteiger partial charge in [-0.1, -0.05) is 12.1 Å². The first-order chi connectivity index (χ1) is 11.5. The minimum absolute atomic E-state index is 0.0803. The van der Waals surface area contributed by atoms with Crippen molar-refractivity contribution in [2.75, 3.05) is 0 Å². The molecule has 1 aromatic carbocycles. The summed E-state index contributed by atoms with van der Waals surface area (Å²) in [5.41, 5.74) is 1.34. The second kappa shape index (κ2) is 6.07. The molecule has 0 fully saturated rings. The van der Waals surface area contributed by atoms with Crippen molar-refractivity contribution in [3.8, 4) is 0 Å². The van der Waals surface area contributed by atoms with E-state index >= 15 is 0 Å². The first kappa shape index (κ1) is 15.6. The molecular weight excluding hydrogens is 310 g/mol. The molecule has 3 rings (SSSR count). The highest BCUT2D eigenvalue weighted by atomic mass is 16.6. The Hall–Kier alpha value is -3.29. The molecule has 0 saturated carbocycles. The van der Waals surface area contributed by atoms with Crippen molar-refractivity contribution in [2.45, 2.75) is 19.9 Å². The molecular formula is C16H15N5O3. The highest BCUT2D eigenvalue weighted by Gasteiger charge is 2.19. The average molecular weight is 325 g/mol. The van der Waals surface area contributed by atoms with Crippen molar-refractivity contribution in [1.29, 1.82) is 0 Å². The van der Waals surface area contributed by atoms with Gasteiger partial charge in [0.05, 0.1) is 11.0 Å². The molecule has 2 heterocycles. The van der Waals surface area contributed by atoms with Crippen LogP contribution >= 0.6 is 0 Å². The molecule has 24 heavy (non-hydrogen) atoms. The van der Waals surface area contributed by atoms with Crippen LogP contribution in [0.1, 0.15) is 34.7 Å². The second-order valence-electron chi connectivity index (χ2n) is 5.44. The van der Waals surface area contributed by atoms with Crippen molar-refractivity contribution in [1.82, 2.24) is 19.9 Å². The molecule has 1 amide bonds. The summed E-state index contributed by atoms with van der Waals surface area (Å²) >= 11 is 0. The van der Waals surface area contributed by atoms with Gasteiger partial charge in [-0.25, -0.2) is 0 Å². The van der Waals surface area contributed by atoms with Crippen LogP contribution in [0.2, 0.25) is 0 Å². The van der Waals surface area contributed by atoms with Crippen molar-refractivity contribution in [2.24, 2.45) is 0 Å². The fraction of sp³-hybridized carbons (Fsp3) is 0.188. The third-order valence-electron chi connectivity index (χ3n) is 3.74. The minimum atomic E-state index is -0.498. The van der Waals surface area contributed by atoms with Crippen LogP contribution in [0.4, 0.5) is 5.69 Å². The number of aryl methyl sites for hydroxylation is 1. The smallest absolute Gasteiger partial charge is 0.273 e. The van der Waals surface area contributed by atoms with E-state index in [0.29, 0.717) is 17.0 Å². The van der Waals surface area contributed by atoms with Gasteiger partial charge in [-0.05, 0) is 32.0 Å². The Bertz CT molecular complexity index is 934. The third-order valence-corrected chi connectivity index (χ3v) is 3.74. The lowest BCUT2D eigenvalue weighted by Gasteiger charge is -2.12. The van der Waals surface area contributed by atoms with E-state index in [9.17, 15) is 14.9 Å². The van der Waals surface area contributed by atoms with E-state index in [-0.39, 0.29) is 11.3 Å². The van der Waals surface area contributed by atoms with Crippen LogP contribution in [-0.4, -0.2) is 25.4 Å². The Kier molecular flexibility index (Phi) is 3.95. The van der Waals surface area contributed by atoms with Crippen molar-refractivity contribution in [3.63, 3.8) is 0 Å². The second-order valence-corrected chi connectivity index (χ2v) is 5.44. The monoisotopic (exact) mass is 325 g/mol. The summed E-state index contributed by atoms with van der Waals surface area (Å²) in [6.45, 7) is 3.41. The fourth-order valence-electron chi connectivity index (χ4n) is 2.45. The summed E-state index contributed by atoms with van der Waals surface area (Å²) in [4.78, 5) is 22.9. The van der Waals surface area contributed by atoms with E-state index in [2.05, 4.69) is 15.5 Å². The first-order valence-electron chi connectivity index (χ1n) is 7.33. The number of carbonyl (C=O) groups is 1. The lowest BCUT2D eigenvalue weighted by molar-refractivity contribution is -0.385. The van der Waals surface area contributed by atoms with Crippen LogP contribution in [0, 0.1) is 17.0 Å². The Morgan fingerprint density at radius 1 is 1.29 bits per heavy atom. The van der Waals surface area contributed by atoms with Crippen LogP contribution in [-0.2, 0) is 0 Å². The summed E-state index contributed by atoms with van der Waals surface area (Å²) in [7, 11) is 0. The molecule has 0 spiro atoms. The van der Waals surface area contributed by atoms with Crippen LogP contribution in [0.25, 0.3) is 5.65 Å². The van der Waals surface area contributed by atoms with Gasteiger partial charge in [0.15, 0.2) is 11.5 Å². The molecule has 0 aliphatic heterocycles. The van der Waals surface area contributed by atoms with E-state index in [1.54, 1.807) is 30.4 Å². The number of hydrogen-bond acceptors (Lipinski definition) is 5. The van der Waals surface area contributed by atoms with E-state index in [0.717, 1.165) is 0 Å². The van der Waals surface area contributed by atoms with E-state index < -0.39 is 16.9 Å². The molecule has 8 heteroatoms. The number of pyridine rings is 1. The number of aromatic nitrogens is 3. The Morgan fingerprint density at radius 3 is 2.83 bits per heavy atom. The topological polar surface area (TPSA) is 102 Å². The number of carbonyl (C=O) groups excluding carboxylic acids is 1. The molecule has 3 aromatic rings. The molecule has 0 bridgehead atoms. The Balaban J connectivity index is 1.84. The largest absolute Gasteiger partial charge is 0.342 e. The van der Waals surface area contributed by atoms with Crippen LogP contribution in [0.5, 0.6) is 0 Å². The quantitative estimate of drug-likeness (QED) is 0.586. The zero-order chi connectivity index (χ0) is 17.3. The highest BCUT2D eigenvalue weighted by molar-refractivity contribution is 5.95. The Morgan fingerprint density at radius 2 is 2.08 bits per heavy atom. The van der Waals surface area contributed by atoms with Crippen LogP contribution < -0.4 is 5.32 Å². The number of amides is 1. The van der Waals surface area contributed by atoms with Gasteiger partial charge < -0.3 is 5.32 Å². The molecule has 1 unspecified atom stereocenters. The number of nitrogens with one attached hydrogen (secondary N) is 1. The van der Waals surface area contributed by atoms with Crippen molar-refractivity contribution in [3.05, 3.63) is 69.7 Å². The number of nitro benzene ring substituents is 1. The molecule has 0 radical (unpaired) electrons. The van der Waals surface area contributed by atoms with Gasteiger partial charge in [0.25, 0.3) is 11.6 Å². The van der Waals surface area contributed by atoms with Crippen molar-refractivity contribution < 1.29 is 9.72 Å². The number of nitrogens with zero attached hydrogens (tertiary/aromatic N) is 4. The maximum atomic E-state index is 12.4. The number of fused-ring (bicyclic) bond motifs is 1. The standard InChI is InChI=1S/C16H15N5O3/c1-10-6-7-12(9-13(10)21(23)24)16(22)17-11(2)15-19-18-14-5-3-4-8-20(14)15/h3-9,11H,1-2H3,(H,17,22). The minimum Gasteiger partial charge on any atom is -0.342 e. The summed E-state index contributed by atoms with van der Waals surface area (Å²) < 4.78 is 1.78. The van der Waals surface area contributed by atoms with Gasteiger partial charge in [-0.15, -0.1) is 10.2 Å². The van der Waals surface area contributed by atoms with Gasteiger partial charge >= 0.3 is 0 Å². The predicted molar refractivity (Wildman–Crippen MR) is 86.7 cm³/mol. The normalized spacial score (nSPS) is 12.1. The van der Waals surface area contributed by atoms with Gasteiger partial charge in [0.2, 0.25) is 0 Å². The van der Waals surface area contributed by atoms with E-state index in [1.165, 1.54) is 6.07 Å². The number of rotatable bonds is 4. The maximum Gasteiger partial charge on any atom is 0.273 e. The number of nitro groups is 1. The predicted octanol–water partition coefficient (Wildman–Crippen LogP) is 2.44. The third kappa shape index (κ3) is 2.81. The van der Waals surface area contributed by atoms with Gasteiger partial charge in [-0.3, -0.25) is 19.3 Å². The molecule has 1 atom stereocenters. The molecule has 1 N–H and O–H groups in total. The molecule has 2 aromatic heterocycles. The molecule has 122 valence electrons. The molecule has 8 nitrogen and oxygen atoms in total. The van der Waals surface area contributed by atoms with E-state index in [1.807, 2.05) is 24.4 Å². The summed E-state index contributed by atoms with van der Waals surface area (Å²) in [6, 6.07) is 9.50. The summed E-state index contributed by atoms with van der Waals surface area (Å²) in [5, 5.41) is 21.9. The van der Waals surface area contributed by atoms with Crippen LogP contribution in [0.3, 0.4) is 0 Å². The lowest BCUT2D eigenvalue weighted by Crippen LogP contribution is -2.28. The Labute approximate surface area is 137 Å². The highest BCUT2D eigenvalue weighted by Crippen LogP contribution is 2.20. The maximum absolute atomic E-state index is 12.4. The van der Waals surface area contributed by atoms with Gasteiger partial charge in [0, 0.05) is 23.4 Å². The van der Waals surface area contributed by atoms with Crippen molar-refractivity contribution >= 4 is 17.2 Å². The number of hydrogen-bond donors (Lipinski definition) is 1. The molecule has 0 aliphatic carbocycles. The van der Waals surface area contributed by atoms with Gasteiger partial charge in [-0.2, -0.15) is 0 Å². The molecule has 0 aliphatic rings. The summed E-state index contributed by atoms with van der Waals surface area (Å²) in [5.74, 6) is 0.179. The van der Waals surface area contributed by atoms with Crippen LogP contribution in [0.15, 0.2) is 42.6 Å². The molecule has 0 saturated heterocycles. The fourth-order valence-corrected chi connectivity index (χ4v) is 2.45. The SMILES string of the molecule is Cc1ccc(C(=O)NC(C)c2nnc3ccccn23)cc1[N+](=O)[O-]. The first-order valence-corrected chi connectivity index (χ1v) is 7.33. The lowest BCUT2D eigenvalue weighted by atomic mass is 10.1. The number of benzene rings is 1. The average Bonchev–Trinajstić information content (AvgIpc) is 2.99.